The predicted molar refractivity (Wildman–Crippen MR) is 72.4 cm³/mol. The van der Waals surface area contributed by atoms with Crippen molar-refractivity contribution in [2.75, 3.05) is 5.32 Å². The Kier molecular flexibility index (Phi) is 3.56. The van der Waals surface area contributed by atoms with Gasteiger partial charge in [-0.25, -0.2) is 4.68 Å². The number of nitrogens with one attached hydrogen (secondary N) is 1. The van der Waals surface area contributed by atoms with E-state index in [1.165, 1.54) is 23.9 Å². The van der Waals surface area contributed by atoms with Crippen molar-refractivity contribution in [3.05, 3.63) is 21.0 Å². The van der Waals surface area contributed by atoms with Crippen molar-refractivity contribution in [3.8, 4) is 0 Å². The summed E-state index contributed by atoms with van der Waals surface area (Å²) in [5.41, 5.74) is 0.930. The van der Waals surface area contributed by atoms with Crippen LogP contribution in [0.1, 0.15) is 39.5 Å². The molecule has 0 spiro atoms. The van der Waals surface area contributed by atoms with E-state index in [-0.39, 0.29) is 11.1 Å². The van der Waals surface area contributed by atoms with Crippen LogP contribution in [0.3, 0.4) is 0 Å². The highest BCUT2D eigenvalue weighted by molar-refractivity contribution is 9.10. The van der Waals surface area contributed by atoms with Crippen molar-refractivity contribution in [1.82, 2.24) is 9.78 Å². The summed E-state index contributed by atoms with van der Waals surface area (Å²) in [7, 11) is 0. The fraction of sp³-hybridized carbons (Fsp3) is 0.667. The van der Waals surface area contributed by atoms with Crippen molar-refractivity contribution in [2.45, 2.75) is 51.6 Å². The van der Waals surface area contributed by atoms with Crippen LogP contribution in [0.15, 0.2) is 15.5 Å². The zero-order valence-corrected chi connectivity index (χ0v) is 11.9. The van der Waals surface area contributed by atoms with Crippen molar-refractivity contribution in [3.63, 3.8) is 0 Å². The monoisotopic (exact) mass is 299 g/mol. The maximum absolute atomic E-state index is 11.9. The minimum atomic E-state index is -0.0666. The Labute approximate surface area is 110 Å². The Balaban J connectivity index is 2.28. The molecule has 1 fully saturated rings. The molecule has 2 rings (SSSR count). The lowest BCUT2D eigenvalue weighted by Crippen LogP contribution is -2.44. The molecule has 0 amide bonds. The highest BCUT2D eigenvalue weighted by Gasteiger charge is 2.35. The van der Waals surface area contributed by atoms with Gasteiger partial charge < -0.3 is 5.32 Å². The average molecular weight is 300 g/mol. The first-order chi connectivity index (χ1) is 8.12. The first kappa shape index (κ1) is 12.6. The Morgan fingerprint density at radius 3 is 2.71 bits per heavy atom. The van der Waals surface area contributed by atoms with E-state index >= 15 is 0 Å². The molecule has 0 aromatic carbocycles. The average Bonchev–Trinajstić information content (AvgIpc) is 2.29. The van der Waals surface area contributed by atoms with Crippen molar-refractivity contribution < 1.29 is 0 Å². The molecule has 0 saturated heterocycles. The fourth-order valence-electron chi connectivity index (χ4n) is 2.23. The van der Waals surface area contributed by atoms with E-state index in [1.807, 2.05) is 6.92 Å². The summed E-state index contributed by atoms with van der Waals surface area (Å²) in [6.45, 7) is 4.69. The molecule has 1 aromatic heterocycles. The van der Waals surface area contributed by atoms with Crippen LogP contribution in [0, 0.1) is 0 Å². The molecule has 0 atom stereocenters. The van der Waals surface area contributed by atoms with Crippen LogP contribution in [0.25, 0.3) is 0 Å². The van der Waals surface area contributed by atoms with E-state index in [9.17, 15) is 4.79 Å². The molecule has 0 aliphatic heterocycles. The molecule has 1 aliphatic rings. The third kappa shape index (κ3) is 2.25. The van der Waals surface area contributed by atoms with Gasteiger partial charge in [-0.1, -0.05) is 6.92 Å². The third-order valence-electron chi connectivity index (χ3n) is 3.67. The maximum atomic E-state index is 11.9. The lowest BCUT2D eigenvalue weighted by molar-refractivity contribution is 0.269. The Morgan fingerprint density at radius 1 is 1.53 bits per heavy atom. The van der Waals surface area contributed by atoms with E-state index in [0.717, 1.165) is 12.1 Å². The maximum Gasteiger partial charge on any atom is 0.283 e. The number of nitrogens with zero attached hydrogens (tertiary/aromatic N) is 2. The minimum Gasteiger partial charge on any atom is -0.377 e. The zero-order chi connectivity index (χ0) is 12.5. The third-order valence-corrected chi connectivity index (χ3v) is 4.44. The summed E-state index contributed by atoms with van der Waals surface area (Å²) in [6.07, 6.45) is 6.43. The van der Waals surface area contributed by atoms with Crippen molar-refractivity contribution in [2.24, 2.45) is 0 Å². The SMILES string of the molecule is CCn1ncc(NC2(CC)CCC2)c(Br)c1=O. The normalized spacial score (nSPS) is 17.6. The second-order valence-corrected chi connectivity index (χ2v) is 5.40. The molecule has 94 valence electrons. The smallest absolute Gasteiger partial charge is 0.283 e. The van der Waals surface area contributed by atoms with E-state index < -0.39 is 0 Å². The molecule has 1 aromatic rings. The summed E-state index contributed by atoms with van der Waals surface area (Å²) in [5, 5.41) is 7.63. The highest BCUT2D eigenvalue weighted by Crippen LogP contribution is 2.38. The number of hydrogen-bond acceptors (Lipinski definition) is 3. The molecule has 5 heteroatoms. The molecular weight excluding hydrogens is 282 g/mol. The molecule has 0 radical (unpaired) electrons. The summed E-state index contributed by atoms with van der Waals surface area (Å²) in [5.74, 6) is 0. The van der Waals surface area contributed by atoms with E-state index in [0.29, 0.717) is 11.0 Å². The first-order valence-corrected chi connectivity index (χ1v) is 6.95. The van der Waals surface area contributed by atoms with Gasteiger partial charge in [0.05, 0.1) is 11.9 Å². The summed E-state index contributed by atoms with van der Waals surface area (Å²) in [6, 6.07) is 0. The van der Waals surface area contributed by atoms with E-state index in [1.54, 1.807) is 6.20 Å². The van der Waals surface area contributed by atoms with Crippen LogP contribution in [0.4, 0.5) is 5.69 Å². The zero-order valence-electron chi connectivity index (χ0n) is 10.3. The number of anilines is 1. The van der Waals surface area contributed by atoms with Gasteiger partial charge in [-0.3, -0.25) is 4.79 Å². The largest absolute Gasteiger partial charge is 0.377 e. The van der Waals surface area contributed by atoms with Gasteiger partial charge in [0.25, 0.3) is 5.56 Å². The number of hydrogen-bond donors (Lipinski definition) is 1. The van der Waals surface area contributed by atoms with Gasteiger partial charge in [-0.2, -0.15) is 5.10 Å². The van der Waals surface area contributed by atoms with Gasteiger partial charge in [0, 0.05) is 12.1 Å². The Bertz CT molecular complexity index is 460. The second kappa shape index (κ2) is 4.80. The van der Waals surface area contributed by atoms with E-state index in [4.69, 9.17) is 0 Å². The van der Waals surface area contributed by atoms with Crippen molar-refractivity contribution >= 4 is 21.6 Å². The Morgan fingerprint density at radius 2 is 2.24 bits per heavy atom. The molecule has 1 saturated carbocycles. The number of aryl methyl sites for hydroxylation is 1. The number of aromatic nitrogens is 2. The van der Waals surface area contributed by atoms with Crippen LogP contribution < -0.4 is 10.9 Å². The van der Waals surface area contributed by atoms with Crippen LogP contribution in [-0.4, -0.2) is 15.3 Å². The molecule has 1 N–H and O–H groups in total. The molecule has 4 nitrogen and oxygen atoms in total. The topological polar surface area (TPSA) is 46.9 Å². The van der Waals surface area contributed by atoms with Crippen LogP contribution in [0.5, 0.6) is 0 Å². The first-order valence-electron chi connectivity index (χ1n) is 6.15. The van der Waals surface area contributed by atoms with Crippen LogP contribution in [-0.2, 0) is 6.54 Å². The highest BCUT2D eigenvalue weighted by atomic mass is 79.9. The number of halogens is 1. The summed E-state index contributed by atoms with van der Waals surface area (Å²) < 4.78 is 2.04. The van der Waals surface area contributed by atoms with Gasteiger partial charge in [0.1, 0.15) is 4.47 Å². The van der Waals surface area contributed by atoms with Crippen LogP contribution >= 0.6 is 15.9 Å². The van der Waals surface area contributed by atoms with Crippen LogP contribution in [0.2, 0.25) is 0 Å². The van der Waals surface area contributed by atoms with Crippen molar-refractivity contribution in [1.29, 1.82) is 0 Å². The van der Waals surface area contributed by atoms with Gasteiger partial charge in [0.15, 0.2) is 0 Å². The molecule has 0 bridgehead atoms. The van der Waals surface area contributed by atoms with Gasteiger partial charge in [-0.05, 0) is 48.5 Å². The van der Waals surface area contributed by atoms with Gasteiger partial charge in [-0.15, -0.1) is 0 Å². The minimum absolute atomic E-state index is 0.0666. The second-order valence-electron chi connectivity index (χ2n) is 4.61. The molecule has 1 heterocycles. The molecule has 17 heavy (non-hydrogen) atoms. The molecule has 0 unspecified atom stereocenters. The lowest BCUT2D eigenvalue weighted by atomic mass is 9.75. The van der Waals surface area contributed by atoms with Gasteiger partial charge >= 0.3 is 0 Å². The Hall–Kier alpha value is -0.840. The molecule has 1 aliphatic carbocycles. The van der Waals surface area contributed by atoms with Gasteiger partial charge in [0.2, 0.25) is 0 Å². The standard InChI is InChI=1S/C12H18BrN3O/c1-3-12(6-5-7-12)15-9-8-14-16(4-2)11(17)10(9)13/h8,15H,3-7H2,1-2H3. The number of rotatable bonds is 4. The predicted octanol–water partition coefficient (Wildman–Crippen LogP) is 2.77. The lowest BCUT2D eigenvalue weighted by Gasteiger charge is -2.43. The quantitative estimate of drug-likeness (QED) is 0.930. The summed E-state index contributed by atoms with van der Waals surface area (Å²) in [4.78, 5) is 11.9. The fourth-order valence-corrected chi connectivity index (χ4v) is 2.64. The van der Waals surface area contributed by atoms with E-state index in [2.05, 4.69) is 33.3 Å². The molecular formula is C12H18BrN3O. The summed E-state index contributed by atoms with van der Waals surface area (Å²) >= 11 is 3.37.